The van der Waals surface area contributed by atoms with Crippen LogP contribution >= 0.6 is 0 Å². The normalized spacial score (nSPS) is 10.2. The third-order valence-corrected chi connectivity index (χ3v) is 3.61. The molecule has 0 amide bonds. The molecule has 0 aliphatic carbocycles. The second-order valence-corrected chi connectivity index (χ2v) is 4.99. The van der Waals surface area contributed by atoms with Gasteiger partial charge < -0.3 is 4.74 Å². The fraction of sp³-hybridized carbons (Fsp3) is 0.111. The molecule has 4 nitrogen and oxygen atoms in total. The van der Waals surface area contributed by atoms with E-state index in [1.807, 2.05) is 43.3 Å². The van der Waals surface area contributed by atoms with Gasteiger partial charge >= 0.3 is 0 Å². The molecule has 1 N–H and O–H groups in total. The molecule has 2 aromatic carbocycles. The van der Waals surface area contributed by atoms with E-state index < -0.39 is 0 Å². The van der Waals surface area contributed by atoms with Gasteiger partial charge in [-0.25, -0.2) is 0 Å². The van der Waals surface area contributed by atoms with E-state index in [1.54, 1.807) is 19.2 Å². The van der Waals surface area contributed by atoms with Crippen molar-refractivity contribution in [1.29, 1.82) is 5.26 Å². The number of hydrogen-bond donors (Lipinski definition) is 1. The minimum absolute atomic E-state index is 0.641. The van der Waals surface area contributed by atoms with E-state index >= 15 is 0 Å². The summed E-state index contributed by atoms with van der Waals surface area (Å²) in [5, 5.41) is 16.4. The molecule has 1 aromatic heterocycles. The van der Waals surface area contributed by atoms with Crippen LogP contribution in [0.25, 0.3) is 22.4 Å². The number of nitrogens with zero attached hydrogens (tertiary/aromatic N) is 2. The van der Waals surface area contributed by atoms with Crippen LogP contribution in [0.5, 0.6) is 5.75 Å². The van der Waals surface area contributed by atoms with Crippen LogP contribution in [-0.2, 0) is 0 Å². The molecule has 0 saturated carbocycles. The number of rotatable bonds is 3. The molecule has 1 heterocycles. The van der Waals surface area contributed by atoms with Gasteiger partial charge in [-0.3, -0.25) is 5.10 Å². The summed E-state index contributed by atoms with van der Waals surface area (Å²) in [5.74, 6) is 0.824. The average Bonchev–Trinajstić information content (AvgIpc) is 2.96. The molecule has 3 aromatic rings. The summed E-state index contributed by atoms with van der Waals surface area (Å²) >= 11 is 0. The van der Waals surface area contributed by atoms with Crippen molar-refractivity contribution in [3.63, 3.8) is 0 Å². The Morgan fingerprint density at radius 3 is 2.23 bits per heavy atom. The van der Waals surface area contributed by atoms with Gasteiger partial charge in [-0.2, -0.15) is 10.4 Å². The Morgan fingerprint density at radius 1 is 1.00 bits per heavy atom. The van der Waals surface area contributed by atoms with Gasteiger partial charge in [0.05, 0.1) is 18.7 Å². The van der Waals surface area contributed by atoms with Gasteiger partial charge in [0.15, 0.2) is 0 Å². The molecule has 0 radical (unpaired) electrons. The van der Waals surface area contributed by atoms with Crippen LogP contribution in [0.1, 0.15) is 11.3 Å². The first-order chi connectivity index (χ1) is 10.7. The Hall–Kier alpha value is -3.06. The molecule has 4 heteroatoms. The molecule has 0 aliphatic heterocycles. The van der Waals surface area contributed by atoms with Gasteiger partial charge in [0.2, 0.25) is 0 Å². The highest BCUT2D eigenvalue weighted by atomic mass is 16.5. The maximum atomic E-state index is 8.90. The second kappa shape index (κ2) is 5.74. The molecule has 108 valence electrons. The molecule has 0 saturated heterocycles. The van der Waals surface area contributed by atoms with E-state index in [1.165, 1.54) is 0 Å². The number of hydrogen-bond acceptors (Lipinski definition) is 3. The predicted octanol–water partition coefficient (Wildman–Crippen LogP) is 3.93. The lowest BCUT2D eigenvalue weighted by Gasteiger charge is -2.06. The summed E-state index contributed by atoms with van der Waals surface area (Å²) in [7, 11) is 1.65. The molecule has 3 rings (SSSR count). The molecule has 0 atom stereocenters. The van der Waals surface area contributed by atoms with Gasteiger partial charge in [0, 0.05) is 16.8 Å². The number of nitriles is 1. The fourth-order valence-electron chi connectivity index (χ4n) is 2.45. The lowest BCUT2D eigenvalue weighted by atomic mass is 9.98. The van der Waals surface area contributed by atoms with Crippen molar-refractivity contribution in [2.45, 2.75) is 6.92 Å². The number of H-pyrrole nitrogens is 1. The largest absolute Gasteiger partial charge is 0.497 e. The van der Waals surface area contributed by atoms with E-state index in [2.05, 4.69) is 16.3 Å². The summed E-state index contributed by atoms with van der Waals surface area (Å²) in [6.07, 6.45) is 0. The van der Waals surface area contributed by atoms with Crippen LogP contribution < -0.4 is 4.74 Å². The molecule has 0 fully saturated rings. The van der Waals surface area contributed by atoms with Crippen LogP contribution in [0, 0.1) is 18.3 Å². The number of aryl methyl sites for hydroxylation is 1. The Labute approximate surface area is 129 Å². The number of methoxy groups -OCH3 is 1. The minimum Gasteiger partial charge on any atom is -0.497 e. The van der Waals surface area contributed by atoms with Crippen LogP contribution in [0.2, 0.25) is 0 Å². The van der Waals surface area contributed by atoms with Crippen molar-refractivity contribution in [2.75, 3.05) is 7.11 Å². The summed E-state index contributed by atoms with van der Waals surface area (Å²) < 4.78 is 5.20. The summed E-state index contributed by atoms with van der Waals surface area (Å²) in [4.78, 5) is 0. The summed E-state index contributed by atoms with van der Waals surface area (Å²) in [5.41, 5.74) is 5.65. The van der Waals surface area contributed by atoms with E-state index in [0.717, 1.165) is 33.8 Å². The van der Waals surface area contributed by atoms with Gasteiger partial charge in [-0.1, -0.05) is 24.3 Å². The Bertz CT molecular complexity index is 824. The van der Waals surface area contributed by atoms with Crippen LogP contribution in [0.3, 0.4) is 0 Å². The number of aromatic amines is 1. The Kier molecular flexibility index (Phi) is 3.63. The third-order valence-electron chi connectivity index (χ3n) is 3.61. The van der Waals surface area contributed by atoms with Crippen LogP contribution in [-0.4, -0.2) is 17.3 Å². The minimum atomic E-state index is 0.641. The van der Waals surface area contributed by atoms with E-state index in [4.69, 9.17) is 10.00 Å². The lowest BCUT2D eigenvalue weighted by molar-refractivity contribution is 0.415. The quantitative estimate of drug-likeness (QED) is 0.794. The van der Waals surface area contributed by atoms with E-state index in [0.29, 0.717) is 5.56 Å². The summed E-state index contributed by atoms with van der Waals surface area (Å²) in [6, 6.07) is 17.5. The first-order valence-corrected chi connectivity index (χ1v) is 6.93. The highest BCUT2D eigenvalue weighted by Crippen LogP contribution is 2.33. The van der Waals surface area contributed by atoms with Crippen LogP contribution in [0.15, 0.2) is 48.5 Å². The molecular weight excluding hydrogens is 274 g/mol. The third kappa shape index (κ3) is 2.45. The van der Waals surface area contributed by atoms with Gasteiger partial charge in [-0.05, 0) is 36.8 Å². The van der Waals surface area contributed by atoms with Crippen LogP contribution in [0.4, 0.5) is 0 Å². The number of aromatic nitrogens is 2. The van der Waals surface area contributed by atoms with Crippen molar-refractivity contribution >= 4 is 0 Å². The maximum Gasteiger partial charge on any atom is 0.118 e. The molecule has 0 spiro atoms. The van der Waals surface area contributed by atoms with Crippen molar-refractivity contribution in [3.8, 4) is 34.2 Å². The van der Waals surface area contributed by atoms with Crippen molar-refractivity contribution < 1.29 is 4.74 Å². The molecule has 0 bridgehead atoms. The Balaban J connectivity index is 2.08. The standard InChI is InChI=1S/C18H15N3O/c1-12-17(14-7-9-16(22-2)10-8-14)18(21-20-12)15-5-3-13(11-19)4-6-15/h3-10H,1-2H3,(H,20,21). The molecule has 22 heavy (non-hydrogen) atoms. The topological polar surface area (TPSA) is 61.7 Å². The number of benzene rings is 2. The zero-order valence-corrected chi connectivity index (χ0v) is 12.4. The van der Waals surface area contributed by atoms with Crippen molar-refractivity contribution in [1.82, 2.24) is 10.2 Å². The summed E-state index contributed by atoms with van der Waals surface area (Å²) in [6.45, 7) is 2.00. The number of ether oxygens (including phenoxy) is 1. The zero-order valence-electron chi connectivity index (χ0n) is 12.4. The molecule has 0 unspecified atom stereocenters. The Morgan fingerprint density at radius 2 is 1.64 bits per heavy atom. The highest BCUT2D eigenvalue weighted by molar-refractivity contribution is 5.82. The van der Waals surface area contributed by atoms with Crippen molar-refractivity contribution in [2.24, 2.45) is 0 Å². The number of nitrogens with one attached hydrogen (secondary N) is 1. The smallest absolute Gasteiger partial charge is 0.118 e. The molecular formula is C18H15N3O. The van der Waals surface area contributed by atoms with Gasteiger partial charge in [-0.15, -0.1) is 0 Å². The second-order valence-electron chi connectivity index (χ2n) is 4.99. The fourth-order valence-corrected chi connectivity index (χ4v) is 2.45. The monoisotopic (exact) mass is 289 g/mol. The van der Waals surface area contributed by atoms with E-state index in [9.17, 15) is 0 Å². The highest BCUT2D eigenvalue weighted by Gasteiger charge is 2.14. The first kappa shape index (κ1) is 13.9. The zero-order chi connectivity index (χ0) is 15.5. The predicted molar refractivity (Wildman–Crippen MR) is 85.5 cm³/mol. The van der Waals surface area contributed by atoms with Gasteiger partial charge in [0.1, 0.15) is 11.4 Å². The first-order valence-electron chi connectivity index (χ1n) is 6.93. The van der Waals surface area contributed by atoms with E-state index in [-0.39, 0.29) is 0 Å². The lowest BCUT2D eigenvalue weighted by Crippen LogP contribution is -1.86. The van der Waals surface area contributed by atoms with Gasteiger partial charge in [0.25, 0.3) is 0 Å². The molecule has 0 aliphatic rings. The SMILES string of the molecule is COc1ccc(-c2c(-c3ccc(C#N)cc3)n[nH]c2C)cc1. The maximum absolute atomic E-state index is 8.90. The average molecular weight is 289 g/mol. The van der Waals surface area contributed by atoms with Crippen molar-refractivity contribution in [3.05, 3.63) is 59.8 Å².